The second-order valence-corrected chi connectivity index (χ2v) is 6.96. The molecule has 0 unspecified atom stereocenters. The maximum Gasteiger partial charge on any atom is 0.341 e. The predicted octanol–water partition coefficient (Wildman–Crippen LogP) is 2.00. The van der Waals surface area contributed by atoms with E-state index in [1.165, 1.54) is 25.1 Å². The van der Waals surface area contributed by atoms with E-state index < -0.39 is 5.97 Å². The average Bonchev–Trinajstić information content (AvgIpc) is 3.36. The standard InChI is InChI=1S/C17H19N7O2S/c1-10-11(8-18-15(20-10)23-6-4-5-7-23)13-12(14(25)26-2)9-19-16-21-17(27-3)22-24(13)16/h8-9H,4-7H2,1-3H3. The van der Waals surface area contributed by atoms with Crippen LogP contribution >= 0.6 is 11.8 Å². The number of carbonyl (C=O) groups is 1. The molecule has 140 valence electrons. The molecule has 0 saturated carbocycles. The number of anilines is 1. The number of aromatic nitrogens is 6. The van der Waals surface area contributed by atoms with Gasteiger partial charge in [0.15, 0.2) is 0 Å². The van der Waals surface area contributed by atoms with Crippen LogP contribution in [-0.4, -0.2) is 62.0 Å². The molecule has 3 aromatic rings. The quantitative estimate of drug-likeness (QED) is 0.493. The first-order chi connectivity index (χ1) is 13.1. The molecular weight excluding hydrogens is 366 g/mol. The summed E-state index contributed by atoms with van der Waals surface area (Å²) >= 11 is 1.40. The number of hydrogen-bond donors (Lipinski definition) is 0. The summed E-state index contributed by atoms with van der Waals surface area (Å²) in [5.74, 6) is 0.621. The molecule has 0 aromatic carbocycles. The summed E-state index contributed by atoms with van der Waals surface area (Å²) in [6.07, 6.45) is 7.38. The number of ether oxygens (including phenoxy) is 1. The summed E-state index contributed by atoms with van der Waals surface area (Å²) in [5.41, 5.74) is 2.28. The van der Waals surface area contributed by atoms with Gasteiger partial charge >= 0.3 is 5.97 Å². The van der Waals surface area contributed by atoms with Crippen molar-refractivity contribution in [2.24, 2.45) is 0 Å². The number of aryl methyl sites for hydroxylation is 1. The van der Waals surface area contributed by atoms with Crippen LogP contribution in [0.1, 0.15) is 28.9 Å². The number of hydrogen-bond acceptors (Lipinski definition) is 9. The van der Waals surface area contributed by atoms with Gasteiger partial charge in [0.05, 0.1) is 18.5 Å². The van der Waals surface area contributed by atoms with Crippen molar-refractivity contribution in [3.05, 3.63) is 23.7 Å². The molecular formula is C17H19N7O2S. The Morgan fingerprint density at radius 2 is 1.96 bits per heavy atom. The molecule has 0 N–H and O–H groups in total. The number of methoxy groups -OCH3 is 1. The average molecular weight is 385 g/mol. The van der Waals surface area contributed by atoms with Gasteiger partial charge in [0, 0.05) is 31.0 Å². The number of fused-ring (bicyclic) bond motifs is 1. The Morgan fingerprint density at radius 3 is 2.63 bits per heavy atom. The lowest BCUT2D eigenvalue weighted by Gasteiger charge is -2.17. The number of esters is 1. The van der Waals surface area contributed by atoms with Gasteiger partial charge in [-0.3, -0.25) is 0 Å². The number of rotatable bonds is 4. The van der Waals surface area contributed by atoms with Crippen molar-refractivity contribution in [2.75, 3.05) is 31.4 Å². The van der Waals surface area contributed by atoms with Crippen molar-refractivity contribution >= 4 is 29.5 Å². The molecule has 4 heterocycles. The first kappa shape index (κ1) is 17.7. The summed E-state index contributed by atoms with van der Waals surface area (Å²) in [4.78, 5) is 32.3. The Morgan fingerprint density at radius 1 is 1.19 bits per heavy atom. The van der Waals surface area contributed by atoms with Crippen molar-refractivity contribution < 1.29 is 9.53 Å². The van der Waals surface area contributed by atoms with Gasteiger partial charge in [0.2, 0.25) is 11.1 Å². The third-order valence-corrected chi connectivity index (χ3v) is 5.08. The lowest BCUT2D eigenvalue weighted by molar-refractivity contribution is 0.0600. The van der Waals surface area contributed by atoms with Gasteiger partial charge in [-0.1, -0.05) is 11.8 Å². The highest BCUT2D eigenvalue weighted by atomic mass is 32.2. The molecule has 0 amide bonds. The highest BCUT2D eigenvalue weighted by molar-refractivity contribution is 7.98. The second-order valence-electron chi connectivity index (χ2n) is 6.19. The van der Waals surface area contributed by atoms with E-state index in [2.05, 4.69) is 29.9 Å². The van der Waals surface area contributed by atoms with Crippen LogP contribution in [0.4, 0.5) is 5.95 Å². The maximum atomic E-state index is 12.3. The van der Waals surface area contributed by atoms with Gasteiger partial charge in [0.1, 0.15) is 5.56 Å². The zero-order valence-electron chi connectivity index (χ0n) is 15.3. The largest absolute Gasteiger partial charge is 0.465 e. The lowest BCUT2D eigenvalue weighted by Crippen LogP contribution is -2.21. The van der Waals surface area contributed by atoms with Crippen LogP contribution in [-0.2, 0) is 4.74 Å². The highest BCUT2D eigenvalue weighted by Gasteiger charge is 2.23. The van der Waals surface area contributed by atoms with Crippen LogP contribution in [0.5, 0.6) is 0 Å². The van der Waals surface area contributed by atoms with Gasteiger partial charge in [-0.2, -0.15) is 9.50 Å². The summed E-state index contributed by atoms with van der Waals surface area (Å²) in [6, 6.07) is 0. The van der Waals surface area contributed by atoms with Crippen LogP contribution in [0.25, 0.3) is 17.0 Å². The van der Waals surface area contributed by atoms with Crippen LogP contribution in [0, 0.1) is 6.92 Å². The molecule has 10 heteroatoms. The van der Waals surface area contributed by atoms with Crippen molar-refractivity contribution in [1.82, 2.24) is 29.5 Å². The molecule has 1 saturated heterocycles. The monoisotopic (exact) mass is 385 g/mol. The molecule has 9 nitrogen and oxygen atoms in total. The number of nitrogens with zero attached hydrogens (tertiary/aromatic N) is 7. The summed E-state index contributed by atoms with van der Waals surface area (Å²) in [5, 5.41) is 5.03. The minimum absolute atomic E-state index is 0.295. The fourth-order valence-corrected chi connectivity index (χ4v) is 3.51. The molecule has 0 radical (unpaired) electrons. The van der Waals surface area contributed by atoms with E-state index in [1.54, 1.807) is 10.7 Å². The molecule has 3 aromatic heterocycles. The molecule has 0 aliphatic carbocycles. The van der Waals surface area contributed by atoms with E-state index in [0.29, 0.717) is 33.7 Å². The van der Waals surface area contributed by atoms with Crippen molar-refractivity contribution in [2.45, 2.75) is 24.9 Å². The van der Waals surface area contributed by atoms with E-state index in [9.17, 15) is 4.79 Å². The van der Waals surface area contributed by atoms with Gasteiger partial charge in [-0.15, -0.1) is 5.10 Å². The molecule has 0 atom stereocenters. The fraction of sp³-hybridized carbons (Fsp3) is 0.412. The van der Waals surface area contributed by atoms with Gasteiger partial charge in [0.25, 0.3) is 5.78 Å². The fourth-order valence-electron chi connectivity index (χ4n) is 3.18. The third-order valence-electron chi connectivity index (χ3n) is 4.55. The summed E-state index contributed by atoms with van der Waals surface area (Å²) in [6.45, 7) is 3.83. The smallest absolute Gasteiger partial charge is 0.341 e. The highest BCUT2D eigenvalue weighted by Crippen LogP contribution is 2.28. The van der Waals surface area contributed by atoms with E-state index in [0.717, 1.165) is 31.6 Å². The van der Waals surface area contributed by atoms with Crippen LogP contribution in [0.2, 0.25) is 0 Å². The second kappa shape index (κ2) is 7.10. The SMILES string of the molecule is COC(=O)c1cnc2nc(SC)nn2c1-c1cnc(N2CCCC2)nc1C. The minimum Gasteiger partial charge on any atom is -0.465 e. The van der Waals surface area contributed by atoms with E-state index in [-0.39, 0.29) is 0 Å². The van der Waals surface area contributed by atoms with E-state index in [1.807, 2.05) is 13.2 Å². The molecule has 1 aliphatic heterocycles. The zero-order chi connectivity index (χ0) is 19.0. The zero-order valence-corrected chi connectivity index (χ0v) is 16.2. The summed E-state index contributed by atoms with van der Waals surface area (Å²) < 4.78 is 6.49. The maximum absolute atomic E-state index is 12.3. The van der Waals surface area contributed by atoms with Crippen LogP contribution in [0.3, 0.4) is 0 Å². The topological polar surface area (TPSA) is 98.4 Å². The van der Waals surface area contributed by atoms with E-state index >= 15 is 0 Å². The normalized spacial score (nSPS) is 14.1. The van der Waals surface area contributed by atoms with Gasteiger partial charge in [-0.25, -0.2) is 19.7 Å². The number of thioether (sulfide) groups is 1. The lowest BCUT2D eigenvalue weighted by atomic mass is 10.1. The first-order valence-electron chi connectivity index (χ1n) is 8.59. The Bertz CT molecular complexity index is 1010. The Kier molecular flexibility index (Phi) is 4.65. The van der Waals surface area contributed by atoms with Gasteiger partial charge in [-0.05, 0) is 26.0 Å². The Balaban J connectivity index is 1.90. The van der Waals surface area contributed by atoms with Crippen LogP contribution in [0.15, 0.2) is 17.6 Å². The minimum atomic E-state index is -0.497. The molecule has 1 aliphatic rings. The van der Waals surface area contributed by atoms with Crippen LogP contribution < -0.4 is 4.90 Å². The molecule has 0 spiro atoms. The van der Waals surface area contributed by atoms with Crippen molar-refractivity contribution in [3.8, 4) is 11.3 Å². The third kappa shape index (κ3) is 3.09. The Hall–Kier alpha value is -2.75. The Labute approximate surface area is 160 Å². The van der Waals surface area contributed by atoms with Gasteiger partial charge < -0.3 is 9.64 Å². The first-order valence-corrected chi connectivity index (χ1v) is 9.82. The molecule has 0 bridgehead atoms. The van der Waals surface area contributed by atoms with E-state index in [4.69, 9.17) is 4.74 Å². The molecule has 27 heavy (non-hydrogen) atoms. The van der Waals surface area contributed by atoms with Crippen molar-refractivity contribution in [1.29, 1.82) is 0 Å². The number of carbonyl (C=O) groups excluding carboxylic acids is 1. The van der Waals surface area contributed by atoms with Crippen molar-refractivity contribution in [3.63, 3.8) is 0 Å². The predicted molar refractivity (Wildman–Crippen MR) is 101 cm³/mol. The molecule has 4 rings (SSSR count). The summed E-state index contributed by atoms with van der Waals surface area (Å²) in [7, 11) is 1.34. The molecule has 1 fully saturated rings.